The Bertz CT molecular complexity index is 662. The normalized spacial score (nSPS) is 15.9. The highest BCUT2D eigenvalue weighted by Gasteiger charge is 2.28. The Morgan fingerprint density at radius 1 is 1.41 bits per heavy atom. The van der Waals surface area contributed by atoms with E-state index in [9.17, 15) is 15.0 Å². The molecule has 6 heteroatoms. The number of aromatic nitrogens is 2. The number of hydrogen-bond acceptors (Lipinski definition) is 4. The summed E-state index contributed by atoms with van der Waals surface area (Å²) in [4.78, 5) is 13.4. The molecule has 0 spiro atoms. The van der Waals surface area contributed by atoms with Gasteiger partial charge in [-0.15, -0.1) is 0 Å². The van der Waals surface area contributed by atoms with Crippen LogP contribution in [0.15, 0.2) is 30.3 Å². The number of carbonyl (C=O) groups is 1. The van der Waals surface area contributed by atoms with E-state index in [4.69, 9.17) is 0 Å². The minimum atomic E-state index is -0.921. The SMILES string of the molecule is CN(Cc1cc(C2CC2)n[nH]1)C(C(=O)O)c1ccc(O)cc1. The van der Waals surface area contributed by atoms with Gasteiger partial charge >= 0.3 is 5.97 Å². The summed E-state index contributed by atoms with van der Waals surface area (Å²) in [5.74, 6) is -0.226. The van der Waals surface area contributed by atoms with Crippen molar-refractivity contribution >= 4 is 5.97 Å². The van der Waals surface area contributed by atoms with Gasteiger partial charge in [0, 0.05) is 18.2 Å². The van der Waals surface area contributed by atoms with Gasteiger partial charge in [-0.05, 0) is 43.7 Å². The van der Waals surface area contributed by atoms with Crippen molar-refractivity contribution in [3.05, 3.63) is 47.3 Å². The van der Waals surface area contributed by atoms with E-state index in [-0.39, 0.29) is 5.75 Å². The predicted molar refractivity (Wildman–Crippen MR) is 80.5 cm³/mol. The van der Waals surface area contributed by atoms with Gasteiger partial charge in [0.1, 0.15) is 11.8 Å². The molecule has 6 nitrogen and oxygen atoms in total. The summed E-state index contributed by atoms with van der Waals surface area (Å²) in [5.41, 5.74) is 2.61. The third-order valence-electron chi connectivity index (χ3n) is 3.95. The van der Waals surface area contributed by atoms with Gasteiger partial charge in [0.15, 0.2) is 0 Å². The molecule has 0 radical (unpaired) electrons. The summed E-state index contributed by atoms with van der Waals surface area (Å²) in [6.45, 7) is 0.470. The molecule has 3 rings (SSSR count). The van der Waals surface area contributed by atoms with Gasteiger partial charge in [0.05, 0.1) is 5.69 Å². The van der Waals surface area contributed by atoms with Crippen molar-refractivity contribution in [3.63, 3.8) is 0 Å². The maximum atomic E-state index is 11.6. The average molecular weight is 301 g/mol. The fourth-order valence-electron chi connectivity index (χ4n) is 2.65. The zero-order valence-corrected chi connectivity index (χ0v) is 12.4. The van der Waals surface area contributed by atoms with E-state index in [1.165, 1.54) is 25.0 Å². The molecule has 116 valence electrons. The summed E-state index contributed by atoms with van der Waals surface area (Å²) in [7, 11) is 1.77. The summed E-state index contributed by atoms with van der Waals surface area (Å²) in [6.07, 6.45) is 2.37. The Hall–Kier alpha value is -2.34. The predicted octanol–water partition coefficient (Wildman–Crippen LogP) is 2.25. The van der Waals surface area contributed by atoms with Crippen molar-refractivity contribution in [2.75, 3.05) is 7.05 Å². The Labute approximate surface area is 128 Å². The van der Waals surface area contributed by atoms with E-state index in [0.717, 1.165) is 11.4 Å². The number of nitrogens with one attached hydrogen (secondary N) is 1. The molecule has 1 fully saturated rings. The van der Waals surface area contributed by atoms with E-state index in [0.29, 0.717) is 18.0 Å². The van der Waals surface area contributed by atoms with Crippen LogP contribution in [0.2, 0.25) is 0 Å². The van der Waals surface area contributed by atoms with Gasteiger partial charge in [-0.25, -0.2) is 0 Å². The van der Waals surface area contributed by atoms with Gasteiger partial charge < -0.3 is 10.2 Å². The Balaban J connectivity index is 1.75. The molecule has 0 saturated heterocycles. The highest BCUT2D eigenvalue weighted by Crippen LogP contribution is 2.39. The second-order valence-electron chi connectivity index (χ2n) is 5.84. The maximum Gasteiger partial charge on any atom is 0.325 e. The number of H-pyrrole nitrogens is 1. The minimum Gasteiger partial charge on any atom is -0.508 e. The molecule has 2 aromatic rings. The van der Waals surface area contributed by atoms with E-state index in [1.807, 2.05) is 6.07 Å². The second-order valence-corrected chi connectivity index (χ2v) is 5.84. The number of likely N-dealkylation sites (N-methyl/N-ethyl adjacent to an activating group) is 1. The van der Waals surface area contributed by atoms with Crippen LogP contribution in [-0.2, 0) is 11.3 Å². The van der Waals surface area contributed by atoms with Crippen LogP contribution in [0.1, 0.15) is 41.8 Å². The molecule has 1 aliphatic carbocycles. The van der Waals surface area contributed by atoms with Crippen LogP contribution >= 0.6 is 0 Å². The van der Waals surface area contributed by atoms with Crippen LogP contribution in [0.3, 0.4) is 0 Å². The maximum absolute atomic E-state index is 11.6. The van der Waals surface area contributed by atoms with E-state index in [1.54, 1.807) is 24.1 Å². The zero-order chi connectivity index (χ0) is 15.7. The van der Waals surface area contributed by atoms with Crippen LogP contribution in [0.4, 0.5) is 0 Å². The molecule has 1 saturated carbocycles. The Kier molecular flexibility index (Phi) is 3.85. The van der Waals surface area contributed by atoms with Crippen LogP contribution in [0.25, 0.3) is 0 Å². The van der Waals surface area contributed by atoms with Gasteiger partial charge in [-0.1, -0.05) is 12.1 Å². The molecule has 1 aliphatic rings. The van der Waals surface area contributed by atoms with Crippen LogP contribution < -0.4 is 0 Å². The number of carboxylic acid groups (broad SMARTS) is 1. The third-order valence-corrected chi connectivity index (χ3v) is 3.95. The summed E-state index contributed by atoms with van der Waals surface area (Å²) in [5, 5.41) is 26.1. The molecule has 0 bridgehead atoms. The highest BCUT2D eigenvalue weighted by atomic mass is 16.4. The highest BCUT2D eigenvalue weighted by molar-refractivity contribution is 5.75. The van der Waals surface area contributed by atoms with Gasteiger partial charge in [0.25, 0.3) is 0 Å². The van der Waals surface area contributed by atoms with Gasteiger partial charge in [-0.2, -0.15) is 5.10 Å². The number of nitrogens with zero attached hydrogens (tertiary/aromatic N) is 2. The van der Waals surface area contributed by atoms with Crippen molar-refractivity contribution in [1.29, 1.82) is 0 Å². The van der Waals surface area contributed by atoms with Crippen LogP contribution in [0.5, 0.6) is 5.75 Å². The van der Waals surface area contributed by atoms with Crippen molar-refractivity contribution < 1.29 is 15.0 Å². The Morgan fingerprint density at radius 2 is 2.09 bits per heavy atom. The van der Waals surface area contributed by atoms with Crippen LogP contribution in [0, 0.1) is 0 Å². The molecule has 0 aliphatic heterocycles. The van der Waals surface area contributed by atoms with E-state index < -0.39 is 12.0 Å². The molecule has 1 aromatic carbocycles. The third kappa shape index (κ3) is 3.12. The lowest BCUT2D eigenvalue weighted by molar-refractivity contribution is -0.143. The molecular weight excluding hydrogens is 282 g/mol. The molecule has 1 atom stereocenters. The van der Waals surface area contributed by atoms with E-state index in [2.05, 4.69) is 10.2 Å². The lowest BCUT2D eigenvalue weighted by Crippen LogP contribution is -2.30. The van der Waals surface area contributed by atoms with Gasteiger partial charge in [-0.3, -0.25) is 14.8 Å². The number of phenolic OH excluding ortho intramolecular Hbond substituents is 1. The zero-order valence-electron chi connectivity index (χ0n) is 12.4. The summed E-state index contributed by atoms with van der Waals surface area (Å²) >= 11 is 0. The number of hydrogen-bond donors (Lipinski definition) is 3. The van der Waals surface area contributed by atoms with E-state index >= 15 is 0 Å². The molecule has 1 aromatic heterocycles. The lowest BCUT2D eigenvalue weighted by atomic mass is 10.1. The van der Waals surface area contributed by atoms with Crippen molar-refractivity contribution in [1.82, 2.24) is 15.1 Å². The molecule has 3 N–H and O–H groups in total. The van der Waals surface area contributed by atoms with Crippen molar-refractivity contribution in [2.24, 2.45) is 0 Å². The molecule has 1 heterocycles. The first kappa shape index (κ1) is 14.6. The fourth-order valence-corrected chi connectivity index (χ4v) is 2.65. The number of carboxylic acids is 1. The summed E-state index contributed by atoms with van der Waals surface area (Å²) in [6, 6.07) is 7.51. The topological polar surface area (TPSA) is 89.5 Å². The number of phenols is 1. The van der Waals surface area contributed by atoms with Gasteiger partial charge in [0.2, 0.25) is 0 Å². The largest absolute Gasteiger partial charge is 0.508 e. The molecular formula is C16H19N3O3. The number of aliphatic carboxylic acids is 1. The number of aromatic hydroxyl groups is 1. The first-order chi connectivity index (χ1) is 10.5. The lowest BCUT2D eigenvalue weighted by Gasteiger charge is -2.24. The smallest absolute Gasteiger partial charge is 0.325 e. The first-order valence-electron chi connectivity index (χ1n) is 7.30. The number of rotatable bonds is 6. The second kappa shape index (κ2) is 5.81. The fraction of sp³-hybridized carbons (Fsp3) is 0.375. The minimum absolute atomic E-state index is 0.123. The monoisotopic (exact) mass is 301 g/mol. The van der Waals surface area contributed by atoms with Crippen molar-refractivity contribution in [3.8, 4) is 5.75 Å². The molecule has 1 unspecified atom stereocenters. The van der Waals surface area contributed by atoms with Crippen LogP contribution in [-0.4, -0.2) is 38.3 Å². The summed E-state index contributed by atoms with van der Waals surface area (Å²) < 4.78 is 0. The molecule has 22 heavy (non-hydrogen) atoms. The molecule has 0 amide bonds. The Morgan fingerprint density at radius 3 is 2.68 bits per heavy atom. The number of aromatic amines is 1. The first-order valence-corrected chi connectivity index (χ1v) is 7.30. The van der Waals surface area contributed by atoms with Crippen molar-refractivity contribution in [2.45, 2.75) is 31.3 Å². The standard InChI is InChI=1S/C16H19N3O3/c1-19(9-12-8-14(18-17-12)10-2-3-10)15(16(21)22)11-4-6-13(20)7-5-11/h4-8,10,15,20H,2-3,9H2,1H3,(H,17,18)(H,21,22). The quantitative estimate of drug-likeness (QED) is 0.761. The average Bonchev–Trinajstić information content (AvgIpc) is 3.22. The number of benzene rings is 1.